The molecule has 0 saturated heterocycles. The van der Waals surface area contributed by atoms with E-state index < -0.39 is 0 Å². The lowest BCUT2D eigenvalue weighted by Crippen LogP contribution is -2.24. The van der Waals surface area contributed by atoms with E-state index in [0.29, 0.717) is 17.7 Å². The molecule has 2 aromatic rings. The number of rotatable bonds is 3. The molecule has 0 bridgehead atoms. The molecule has 120 valence electrons. The van der Waals surface area contributed by atoms with Gasteiger partial charge in [0.15, 0.2) is 0 Å². The third-order valence-electron chi connectivity index (χ3n) is 4.92. The summed E-state index contributed by atoms with van der Waals surface area (Å²) in [5.41, 5.74) is 2.23. The van der Waals surface area contributed by atoms with Crippen LogP contribution in [0, 0.1) is 6.92 Å². The fraction of sp³-hybridized carbons (Fsp3) is 0.444. The van der Waals surface area contributed by atoms with E-state index in [1.165, 1.54) is 31.2 Å². The van der Waals surface area contributed by atoms with Gasteiger partial charge in [-0.25, -0.2) is 4.98 Å². The lowest BCUT2D eigenvalue weighted by molar-refractivity contribution is 0.372. The lowest BCUT2D eigenvalue weighted by Gasteiger charge is -2.19. The molecule has 5 heteroatoms. The van der Waals surface area contributed by atoms with Crippen molar-refractivity contribution in [2.45, 2.75) is 51.1 Å². The quantitative estimate of drug-likeness (QED) is 0.898. The second-order valence-corrected chi connectivity index (χ2v) is 6.54. The highest BCUT2D eigenvalue weighted by Crippen LogP contribution is 2.33. The Morgan fingerprint density at radius 2 is 2.13 bits per heavy atom. The van der Waals surface area contributed by atoms with Crippen LogP contribution >= 0.6 is 0 Å². The summed E-state index contributed by atoms with van der Waals surface area (Å²) >= 11 is 0. The van der Waals surface area contributed by atoms with Gasteiger partial charge in [0.2, 0.25) is 5.95 Å². The number of hydrogen-bond donors (Lipinski definition) is 2. The molecular weight excluding hydrogens is 288 g/mol. The van der Waals surface area contributed by atoms with Crippen LogP contribution in [0.1, 0.15) is 43.7 Å². The first-order valence-electron chi connectivity index (χ1n) is 8.39. The van der Waals surface area contributed by atoms with Gasteiger partial charge in [0, 0.05) is 23.8 Å². The molecule has 0 radical (unpaired) electrons. The molecule has 2 heterocycles. The van der Waals surface area contributed by atoms with E-state index in [1.807, 2.05) is 18.3 Å². The summed E-state index contributed by atoms with van der Waals surface area (Å²) in [4.78, 5) is 9.19. The molecule has 0 amide bonds. The molecule has 0 aliphatic heterocycles. The maximum Gasteiger partial charge on any atom is 0.225 e. The number of aliphatic hydroxyl groups is 1. The van der Waals surface area contributed by atoms with E-state index in [2.05, 4.69) is 28.0 Å². The molecule has 1 unspecified atom stereocenters. The number of anilines is 1. The van der Waals surface area contributed by atoms with Crippen molar-refractivity contribution >= 4 is 17.0 Å². The van der Waals surface area contributed by atoms with Crippen LogP contribution in [0.2, 0.25) is 0 Å². The monoisotopic (exact) mass is 310 g/mol. The summed E-state index contributed by atoms with van der Waals surface area (Å²) < 4.78 is 2.32. The van der Waals surface area contributed by atoms with Crippen molar-refractivity contribution < 1.29 is 5.11 Å². The fourth-order valence-corrected chi connectivity index (χ4v) is 3.62. The summed E-state index contributed by atoms with van der Waals surface area (Å²) in [6.45, 7) is 2.12. The first kappa shape index (κ1) is 14.3. The van der Waals surface area contributed by atoms with Crippen LogP contribution in [0.4, 0.5) is 5.95 Å². The summed E-state index contributed by atoms with van der Waals surface area (Å²) in [5, 5.41) is 14.3. The largest absolute Gasteiger partial charge is 0.510 e. The zero-order valence-electron chi connectivity index (χ0n) is 13.4. The minimum Gasteiger partial charge on any atom is -0.510 e. The van der Waals surface area contributed by atoms with Gasteiger partial charge in [-0.05, 0) is 37.8 Å². The Kier molecular flexibility index (Phi) is 3.56. The van der Waals surface area contributed by atoms with Crippen molar-refractivity contribution in [3.05, 3.63) is 41.9 Å². The molecule has 0 aromatic carbocycles. The Bertz CT molecular complexity index is 784. The summed E-state index contributed by atoms with van der Waals surface area (Å²) in [6.07, 6.45) is 15.5. The van der Waals surface area contributed by atoms with Gasteiger partial charge in [-0.1, -0.05) is 25.0 Å². The van der Waals surface area contributed by atoms with E-state index in [1.54, 1.807) is 6.08 Å². The van der Waals surface area contributed by atoms with Gasteiger partial charge in [0.1, 0.15) is 11.4 Å². The van der Waals surface area contributed by atoms with Crippen LogP contribution in [0.15, 0.2) is 36.4 Å². The highest BCUT2D eigenvalue weighted by molar-refractivity contribution is 5.80. The van der Waals surface area contributed by atoms with Crippen molar-refractivity contribution in [3.63, 3.8) is 0 Å². The van der Waals surface area contributed by atoms with Gasteiger partial charge in [-0.3, -0.25) is 0 Å². The van der Waals surface area contributed by atoms with Gasteiger partial charge >= 0.3 is 0 Å². The predicted octanol–water partition coefficient (Wildman–Crippen LogP) is 4.04. The SMILES string of the molecule is Cc1cn(C2CCCC2)c2nc(NC3CC=CC=C3O)ncc12. The van der Waals surface area contributed by atoms with E-state index in [9.17, 15) is 5.11 Å². The van der Waals surface area contributed by atoms with Crippen LogP contribution in [0.25, 0.3) is 11.0 Å². The van der Waals surface area contributed by atoms with Gasteiger partial charge in [0.05, 0.1) is 6.04 Å². The van der Waals surface area contributed by atoms with Crippen molar-refractivity contribution in [2.24, 2.45) is 0 Å². The number of nitrogens with zero attached hydrogens (tertiary/aromatic N) is 3. The number of hydrogen-bond acceptors (Lipinski definition) is 4. The molecular formula is C18H22N4O. The Morgan fingerprint density at radius 3 is 2.91 bits per heavy atom. The van der Waals surface area contributed by atoms with E-state index in [4.69, 9.17) is 4.98 Å². The maximum absolute atomic E-state index is 9.96. The molecule has 1 fully saturated rings. The Labute approximate surface area is 135 Å². The maximum atomic E-state index is 9.96. The average molecular weight is 310 g/mol. The number of allylic oxidation sites excluding steroid dienone is 2. The first-order chi connectivity index (χ1) is 11.2. The highest BCUT2D eigenvalue weighted by Gasteiger charge is 2.21. The van der Waals surface area contributed by atoms with Gasteiger partial charge in [-0.15, -0.1) is 0 Å². The molecule has 4 rings (SSSR count). The smallest absolute Gasteiger partial charge is 0.225 e. The topological polar surface area (TPSA) is 63.0 Å². The van der Waals surface area contributed by atoms with Gasteiger partial charge in [-0.2, -0.15) is 4.98 Å². The number of aromatic nitrogens is 3. The molecule has 2 aliphatic rings. The molecule has 2 N–H and O–H groups in total. The van der Waals surface area contributed by atoms with Gasteiger partial charge in [0.25, 0.3) is 0 Å². The first-order valence-corrected chi connectivity index (χ1v) is 8.39. The molecule has 0 spiro atoms. The molecule has 23 heavy (non-hydrogen) atoms. The molecule has 2 aliphatic carbocycles. The molecule has 1 saturated carbocycles. The Balaban J connectivity index is 1.67. The van der Waals surface area contributed by atoms with Crippen LogP contribution in [0.5, 0.6) is 0 Å². The Hall–Kier alpha value is -2.30. The lowest BCUT2D eigenvalue weighted by atomic mass is 10.1. The van der Waals surface area contributed by atoms with Crippen molar-refractivity contribution in [2.75, 3.05) is 5.32 Å². The van der Waals surface area contributed by atoms with Crippen LogP contribution in [0.3, 0.4) is 0 Å². The van der Waals surface area contributed by atoms with Gasteiger partial charge < -0.3 is 15.0 Å². The number of fused-ring (bicyclic) bond motifs is 1. The van der Waals surface area contributed by atoms with Crippen molar-refractivity contribution in [1.82, 2.24) is 14.5 Å². The fourth-order valence-electron chi connectivity index (χ4n) is 3.62. The van der Waals surface area contributed by atoms with Crippen LogP contribution in [-0.2, 0) is 0 Å². The molecule has 5 nitrogen and oxygen atoms in total. The third kappa shape index (κ3) is 2.60. The second kappa shape index (κ2) is 5.72. The zero-order chi connectivity index (χ0) is 15.8. The minimum absolute atomic E-state index is 0.145. The minimum atomic E-state index is -0.145. The predicted molar refractivity (Wildman–Crippen MR) is 91.6 cm³/mol. The van der Waals surface area contributed by atoms with E-state index >= 15 is 0 Å². The zero-order valence-corrected chi connectivity index (χ0v) is 13.4. The summed E-state index contributed by atoms with van der Waals surface area (Å²) in [7, 11) is 0. The summed E-state index contributed by atoms with van der Waals surface area (Å²) in [6, 6.07) is 0.410. The molecule has 2 aromatic heterocycles. The third-order valence-corrected chi connectivity index (χ3v) is 4.92. The van der Waals surface area contributed by atoms with Crippen LogP contribution in [-0.4, -0.2) is 25.7 Å². The number of aliphatic hydroxyl groups excluding tert-OH is 1. The normalized spacial score (nSPS) is 21.8. The second-order valence-electron chi connectivity index (χ2n) is 6.54. The van der Waals surface area contributed by atoms with Crippen molar-refractivity contribution in [3.8, 4) is 0 Å². The van der Waals surface area contributed by atoms with Crippen molar-refractivity contribution in [1.29, 1.82) is 0 Å². The highest BCUT2D eigenvalue weighted by atomic mass is 16.3. The average Bonchev–Trinajstić information content (AvgIpc) is 3.18. The number of aryl methyl sites for hydroxylation is 1. The number of nitrogens with one attached hydrogen (secondary N) is 1. The Morgan fingerprint density at radius 1 is 1.30 bits per heavy atom. The molecule has 1 atom stereocenters. The van der Waals surface area contributed by atoms with Crippen LogP contribution < -0.4 is 5.32 Å². The van der Waals surface area contributed by atoms with E-state index in [-0.39, 0.29) is 6.04 Å². The summed E-state index contributed by atoms with van der Waals surface area (Å²) in [5.74, 6) is 0.911. The standard InChI is InChI=1S/C18H22N4O/c1-12-11-22(13-6-2-3-7-13)17-14(12)10-19-18(21-17)20-15-8-4-5-9-16(15)23/h4-5,9-11,13,15,23H,2-3,6-8H2,1H3,(H,19,20,21). The van der Waals surface area contributed by atoms with E-state index in [0.717, 1.165) is 17.5 Å².